The summed E-state index contributed by atoms with van der Waals surface area (Å²) in [6.45, 7) is 4.51. The Morgan fingerprint density at radius 3 is 2.43 bits per heavy atom. The smallest absolute Gasteiger partial charge is 0.245 e. The quantitative estimate of drug-likeness (QED) is 0.296. The number of rotatable bonds is 7. The van der Waals surface area contributed by atoms with Crippen molar-refractivity contribution in [1.82, 2.24) is 20.5 Å². The molecule has 1 unspecified atom stereocenters. The second-order valence-electron chi connectivity index (χ2n) is 13.6. The highest BCUT2D eigenvalue weighted by molar-refractivity contribution is 5.92. The van der Waals surface area contributed by atoms with Crippen LogP contribution < -0.4 is 16.4 Å². The van der Waals surface area contributed by atoms with Gasteiger partial charge in [0, 0.05) is 47.9 Å². The second-order valence-corrected chi connectivity index (χ2v) is 13.6. The van der Waals surface area contributed by atoms with Crippen molar-refractivity contribution >= 4 is 41.0 Å². The number of halogens is 1. The highest BCUT2D eigenvalue weighted by Gasteiger charge is 2.47. The monoisotopic (exact) mass is 619 g/mol. The van der Waals surface area contributed by atoms with E-state index in [1.165, 1.54) is 17.5 Å². The lowest BCUT2D eigenvalue weighted by atomic mass is 9.73. The number of nitrogens with two attached hydrogens (primary N) is 1. The van der Waals surface area contributed by atoms with Crippen LogP contribution in [0.25, 0.3) is 10.9 Å². The molecule has 2 fully saturated rings. The molecule has 6 rings (SSSR count). The topological polar surface area (TPSA) is 120 Å². The lowest BCUT2D eigenvalue weighted by molar-refractivity contribution is -0.138. The molecule has 1 aromatic heterocycles. The van der Waals surface area contributed by atoms with Gasteiger partial charge in [-0.2, -0.15) is 0 Å². The minimum absolute atomic E-state index is 0. The first-order valence-electron chi connectivity index (χ1n) is 16.0. The molecule has 3 aromatic rings. The van der Waals surface area contributed by atoms with E-state index < -0.39 is 11.6 Å². The number of H-pyrrole nitrogens is 1. The first-order valence-corrected chi connectivity index (χ1v) is 16.0. The predicted octanol–water partition coefficient (Wildman–Crippen LogP) is 5.06. The highest BCUT2D eigenvalue weighted by atomic mass is 35.5. The number of nitrogens with one attached hydrogen (secondary N) is 3. The molecule has 3 amide bonds. The third-order valence-corrected chi connectivity index (χ3v) is 10.1. The van der Waals surface area contributed by atoms with Crippen molar-refractivity contribution in [1.29, 1.82) is 0 Å². The molecule has 0 radical (unpaired) electrons. The largest absolute Gasteiger partial charge is 0.361 e. The minimum Gasteiger partial charge on any atom is -0.361 e. The average molecular weight is 620 g/mol. The summed E-state index contributed by atoms with van der Waals surface area (Å²) in [6.07, 6.45) is 10.3. The fourth-order valence-corrected chi connectivity index (χ4v) is 7.59. The predicted molar refractivity (Wildman–Crippen MR) is 175 cm³/mol. The molecule has 2 atom stereocenters. The van der Waals surface area contributed by atoms with E-state index in [1.54, 1.807) is 13.8 Å². The number of piperidine rings is 1. The van der Waals surface area contributed by atoms with Crippen LogP contribution in [0.2, 0.25) is 0 Å². The van der Waals surface area contributed by atoms with Crippen molar-refractivity contribution in [3.8, 4) is 0 Å². The van der Waals surface area contributed by atoms with E-state index in [0.29, 0.717) is 19.5 Å². The Kier molecular flexibility index (Phi) is 9.42. The molecule has 5 N–H and O–H groups in total. The number of likely N-dealkylation sites (tertiary alicyclic amines) is 1. The van der Waals surface area contributed by atoms with Crippen LogP contribution in [0.15, 0.2) is 54.7 Å². The normalized spacial score (nSPS) is 20.5. The van der Waals surface area contributed by atoms with Crippen molar-refractivity contribution in [3.05, 3.63) is 71.4 Å². The zero-order chi connectivity index (χ0) is 30.2. The van der Waals surface area contributed by atoms with Crippen LogP contribution in [0.5, 0.6) is 0 Å². The summed E-state index contributed by atoms with van der Waals surface area (Å²) >= 11 is 0. The number of fused-ring (bicyclic) bond motifs is 3. The van der Waals surface area contributed by atoms with Crippen LogP contribution in [0.3, 0.4) is 0 Å². The van der Waals surface area contributed by atoms with Gasteiger partial charge in [-0.25, -0.2) is 0 Å². The highest BCUT2D eigenvalue weighted by Crippen LogP contribution is 2.51. The summed E-state index contributed by atoms with van der Waals surface area (Å²) in [7, 11) is 0. The Morgan fingerprint density at radius 1 is 1.02 bits per heavy atom. The fourth-order valence-electron chi connectivity index (χ4n) is 7.59. The molecule has 1 saturated carbocycles. The Hall–Kier alpha value is -3.36. The van der Waals surface area contributed by atoms with Crippen molar-refractivity contribution in [3.63, 3.8) is 0 Å². The first-order chi connectivity index (χ1) is 20.6. The summed E-state index contributed by atoms with van der Waals surface area (Å²) in [5.41, 5.74) is 9.45. The van der Waals surface area contributed by atoms with Crippen molar-refractivity contribution < 1.29 is 14.4 Å². The van der Waals surface area contributed by atoms with E-state index in [0.717, 1.165) is 61.4 Å². The summed E-state index contributed by atoms with van der Waals surface area (Å²) in [4.78, 5) is 45.4. The van der Waals surface area contributed by atoms with Gasteiger partial charge in [0.15, 0.2) is 0 Å². The number of aromatic amines is 1. The van der Waals surface area contributed by atoms with Gasteiger partial charge in [-0.1, -0.05) is 61.7 Å². The van der Waals surface area contributed by atoms with Crippen LogP contribution >= 0.6 is 12.4 Å². The molecule has 9 heteroatoms. The number of benzene rings is 2. The summed E-state index contributed by atoms with van der Waals surface area (Å²) in [5.74, 6) is -0.103. The molecule has 2 aromatic carbocycles. The zero-order valence-electron chi connectivity index (χ0n) is 25.9. The molecule has 0 bridgehead atoms. The molecule has 1 aliphatic heterocycles. The van der Waals surface area contributed by atoms with E-state index >= 15 is 0 Å². The number of amides is 3. The summed E-state index contributed by atoms with van der Waals surface area (Å²) in [5, 5.41) is 7.44. The number of hydrogen-bond acceptors (Lipinski definition) is 4. The van der Waals surface area contributed by atoms with Crippen molar-refractivity contribution in [2.75, 3.05) is 13.1 Å². The maximum Gasteiger partial charge on any atom is 0.245 e. The average Bonchev–Trinajstić information content (AvgIpc) is 3.55. The van der Waals surface area contributed by atoms with E-state index in [2.05, 4.69) is 39.9 Å². The molecule has 44 heavy (non-hydrogen) atoms. The third-order valence-electron chi connectivity index (χ3n) is 10.1. The van der Waals surface area contributed by atoms with Gasteiger partial charge >= 0.3 is 0 Å². The Labute approximate surface area is 266 Å². The maximum absolute atomic E-state index is 14.1. The van der Waals surface area contributed by atoms with Crippen molar-refractivity contribution in [2.24, 2.45) is 11.7 Å². The molecular formula is C35H46ClN5O3. The lowest BCUT2D eigenvalue weighted by Crippen LogP contribution is -2.58. The van der Waals surface area contributed by atoms with Gasteiger partial charge in [-0.05, 0) is 68.7 Å². The van der Waals surface area contributed by atoms with Gasteiger partial charge in [0.05, 0.1) is 11.6 Å². The standard InChI is InChI=1S/C35H45N5O3.ClH/c1-34(2,36)33(43)39-29(20-24-22-37-28-15-9-7-12-25(24)28)32(42)40-18-16-35(17-19-40)21-30(26-13-6-8-14-27(26)35)38-31(41)23-10-4-3-5-11-23;/h6-9,12-15,22-23,29-30,37H,3-5,10-11,16-21,36H2,1-2H3,(H,38,41)(H,39,43);1H/t29?,30-;/m1./s1. The van der Waals surface area contributed by atoms with Crippen LogP contribution in [0, 0.1) is 5.92 Å². The number of hydrogen-bond donors (Lipinski definition) is 4. The van der Waals surface area contributed by atoms with E-state index in [4.69, 9.17) is 5.73 Å². The zero-order valence-corrected chi connectivity index (χ0v) is 26.7. The Balaban J connectivity index is 0.00000384. The first kappa shape index (κ1) is 32.0. The molecular weight excluding hydrogens is 574 g/mol. The van der Waals surface area contributed by atoms with Crippen LogP contribution in [-0.2, 0) is 26.2 Å². The molecule has 3 aliphatic rings. The van der Waals surface area contributed by atoms with Gasteiger partial charge < -0.3 is 26.3 Å². The van der Waals surface area contributed by atoms with Gasteiger partial charge in [-0.3, -0.25) is 14.4 Å². The van der Waals surface area contributed by atoms with Gasteiger partial charge in [0.2, 0.25) is 17.7 Å². The van der Waals surface area contributed by atoms with E-state index in [1.807, 2.05) is 35.4 Å². The molecule has 2 aliphatic carbocycles. The summed E-state index contributed by atoms with van der Waals surface area (Å²) in [6, 6.07) is 15.8. The van der Waals surface area contributed by atoms with Crippen LogP contribution in [-0.4, -0.2) is 52.3 Å². The fraction of sp³-hybridized carbons (Fsp3) is 0.514. The Bertz CT molecular complexity index is 1500. The number of nitrogens with zero attached hydrogens (tertiary/aromatic N) is 1. The van der Waals surface area contributed by atoms with Crippen LogP contribution in [0.1, 0.15) is 87.9 Å². The van der Waals surface area contributed by atoms with Gasteiger partial charge in [0.1, 0.15) is 6.04 Å². The number of carbonyl (C=O) groups excluding carboxylic acids is 3. The molecule has 236 valence electrons. The number of aromatic nitrogens is 1. The second kappa shape index (κ2) is 12.9. The molecule has 1 saturated heterocycles. The van der Waals surface area contributed by atoms with Gasteiger partial charge in [0.25, 0.3) is 0 Å². The molecule has 1 spiro atoms. The SMILES string of the molecule is CC(C)(N)C(=O)NC(Cc1c[nH]c2ccccc12)C(=O)N1CCC2(CC1)C[C@@H](NC(=O)C1CCCCC1)c1ccccc12.Cl. The van der Waals surface area contributed by atoms with E-state index in [9.17, 15) is 14.4 Å². The lowest BCUT2D eigenvalue weighted by Gasteiger charge is -2.41. The number of para-hydroxylation sites is 1. The van der Waals surface area contributed by atoms with Gasteiger partial charge in [-0.15, -0.1) is 12.4 Å². The van der Waals surface area contributed by atoms with Crippen LogP contribution in [0.4, 0.5) is 0 Å². The van der Waals surface area contributed by atoms with E-state index in [-0.39, 0.29) is 47.5 Å². The third kappa shape index (κ3) is 6.38. The molecule has 8 nitrogen and oxygen atoms in total. The maximum atomic E-state index is 14.1. The summed E-state index contributed by atoms with van der Waals surface area (Å²) < 4.78 is 0. The Morgan fingerprint density at radius 2 is 1.70 bits per heavy atom. The number of carbonyl (C=O) groups is 3. The molecule has 2 heterocycles. The van der Waals surface area contributed by atoms with Crippen molar-refractivity contribution in [2.45, 2.75) is 94.7 Å². The minimum atomic E-state index is -1.10.